The van der Waals surface area contributed by atoms with Crippen LogP contribution in [0.3, 0.4) is 0 Å². The van der Waals surface area contributed by atoms with E-state index in [0.717, 1.165) is 13.0 Å². The van der Waals surface area contributed by atoms with E-state index in [2.05, 4.69) is 18.2 Å². The van der Waals surface area contributed by atoms with Crippen LogP contribution in [0.2, 0.25) is 0 Å². The van der Waals surface area contributed by atoms with Crippen LogP contribution in [0.15, 0.2) is 12.4 Å². The number of nitrogens with two attached hydrogens (primary N) is 1. The molecule has 0 amide bonds. The van der Waals surface area contributed by atoms with Crippen molar-refractivity contribution in [2.45, 2.75) is 64.0 Å². The van der Waals surface area contributed by atoms with Crippen molar-refractivity contribution in [2.24, 2.45) is 5.73 Å². The van der Waals surface area contributed by atoms with E-state index in [1.165, 1.54) is 37.7 Å². The van der Waals surface area contributed by atoms with Crippen molar-refractivity contribution in [3.8, 4) is 0 Å². The van der Waals surface area contributed by atoms with E-state index in [1.807, 2.05) is 10.9 Å². The number of hydrogen-bond acceptors (Lipinski definition) is 2. The molecule has 1 heterocycles. The molecule has 16 heavy (non-hydrogen) atoms. The number of hydrogen-bond donors (Lipinski definition) is 1. The highest BCUT2D eigenvalue weighted by molar-refractivity contribution is 5.14. The average molecular weight is 221 g/mol. The second-order valence-corrected chi connectivity index (χ2v) is 4.95. The standard InChI is InChI=1S/C13H23N3/c1-2-8-16-10-11(9-15-16)12-6-4-3-5-7-13(12)14/h9-10,12-13H,2-8,14H2,1H3. The van der Waals surface area contributed by atoms with Gasteiger partial charge in [-0.2, -0.15) is 5.10 Å². The molecule has 0 bridgehead atoms. The van der Waals surface area contributed by atoms with E-state index in [-0.39, 0.29) is 0 Å². The van der Waals surface area contributed by atoms with Crippen molar-refractivity contribution in [1.29, 1.82) is 0 Å². The Balaban J connectivity index is 2.08. The Morgan fingerprint density at radius 1 is 1.38 bits per heavy atom. The van der Waals surface area contributed by atoms with Crippen LogP contribution < -0.4 is 5.73 Å². The van der Waals surface area contributed by atoms with E-state index in [0.29, 0.717) is 12.0 Å². The van der Waals surface area contributed by atoms with E-state index in [4.69, 9.17) is 5.73 Å². The lowest BCUT2D eigenvalue weighted by atomic mass is 9.90. The Morgan fingerprint density at radius 3 is 3.00 bits per heavy atom. The minimum atomic E-state index is 0.335. The van der Waals surface area contributed by atoms with Crippen LogP contribution in [0.1, 0.15) is 56.9 Å². The molecular formula is C13H23N3. The first-order chi connectivity index (χ1) is 7.81. The molecule has 0 radical (unpaired) electrons. The summed E-state index contributed by atoms with van der Waals surface area (Å²) in [5, 5.41) is 4.41. The lowest BCUT2D eigenvalue weighted by Gasteiger charge is -2.19. The lowest BCUT2D eigenvalue weighted by molar-refractivity contribution is 0.504. The van der Waals surface area contributed by atoms with Crippen molar-refractivity contribution >= 4 is 0 Å². The summed E-state index contributed by atoms with van der Waals surface area (Å²) in [4.78, 5) is 0. The molecule has 0 aromatic carbocycles. The summed E-state index contributed by atoms with van der Waals surface area (Å²) in [6.45, 7) is 3.20. The second kappa shape index (κ2) is 5.48. The highest BCUT2D eigenvalue weighted by atomic mass is 15.3. The maximum Gasteiger partial charge on any atom is 0.0525 e. The topological polar surface area (TPSA) is 43.8 Å². The number of aromatic nitrogens is 2. The highest BCUT2D eigenvalue weighted by Gasteiger charge is 2.22. The van der Waals surface area contributed by atoms with E-state index in [1.54, 1.807) is 0 Å². The van der Waals surface area contributed by atoms with Gasteiger partial charge in [0.1, 0.15) is 0 Å². The summed E-state index contributed by atoms with van der Waals surface area (Å²) >= 11 is 0. The lowest BCUT2D eigenvalue weighted by Crippen LogP contribution is -2.27. The molecule has 2 unspecified atom stereocenters. The zero-order valence-corrected chi connectivity index (χ0v) is 10.2. The van der Waals surface area contributed by atoms with Crippen molar-refractivity contribution in [2.75, 3.05) is 0 Å². The number of aryl methyl sites for hydroxylation is 1. The fraction of sp³-hybridized carbons (Fsp3) is 0.769. The van der Waals surface area contributed by atoms with Gasteiger partial charge in [-0.25, -0.2) is 0 Å². The molecule has 0 saturated heterocycles. The maximum absolute atomic E-state index is 6.26. The zero-order chi connectivity index (χ0) is 11.4. The molecule has 1 aliphatic rings. The Bertz CT molecular complexity index is 319. The van der Waals surface area contributed by atoms with Gasteiger partial charge in [0, 0.05) is 24.7 Å². The molecule has 2 atom stereocenters. The van der Waals surface area contributed by atoms with E-state index >= 15 is 0 Å². The van der Waals surface area contributed by atoms with Gasteiger partial charge in [-0.05, 0) is 24.8 Å². The monoisotopic (exact) mass is 221 g/mol. The Hall–Kier alpha value is -0.830. The van der Waals surface area contributed by atoms with Crippen molar-refractivity contribution in [3.63, 3.8) is 0 Å². The van der Waals surface area contributed by atoms with Crippen molar-refractivity contribution in [1.82, 2.24) is 9.78 Å². The Kier molecular flexibility index (Phi) is 3.99. The molecule has 3 nitrogen and oxygen atoms in total. The molecular weight excluding hydrogens is 198 g/mol. The van der Waals surface area contributed by atoms with E-state index in [9.17, 15) is 0 Å². The molecule has 0 aliphatic heterocycles. The quantitative estimate of drug-likeness (QED) is 0.797. The van der Waals surface area contributed by atoms with Crippen molar-refractivity contribution in [3.05, 3.63) is 18.0 Å². The molecule has 1 aromatic rings. The summed E-state index contributed by atoms with van der Waals surface area (Å²) in [5.41, 5.74) is 7.61. The molecule has 2 N–H and O–H groups in total. The smallest absolute Gasteiger partial charge is 0.0525 e. The first-order valence-electron chi connectivity index (χ1n) is 6.59. The normalized spacial score (nSPS) is 26.6. The third-order valence-electron chi connectivity index (χ3n) is 3.60. The molecule has 90 valence electrons. The summed E-state index contributed by atoms with van der Waals surface area (Å²) in [6, 6.07) is 0.335. The summed E-state index contributed by atoms with van der Waals surface area (Å²) in [7, 11) is 0. The van der Waals surface area contributed by atoms with Crippen LogP contribution in [-0.4, -0.2) is 15.8 Å². The van der Waals surface area contributed by atoms with E-state index < -0.39 is 0 Å². The Morgan fingerprint density at radius 2 is 2.19 bits per heavy atom. The fourth-order valence-corrected chi connectivity index (χ4v) is 2.67. The summed E-state index contributed by atoms with van der Waals surface area (Å²) in [6.07, 6.45) is 11.7. The average Bonchev–Trinajstić information content (AvgIpc) is 2.61. The summed E-state index contributed by atoms with van der Waals surface area (Å²) < 4.78 is 2.05. The van der Waals surface area contributed by atoms with Crippen LogP contribution in [0.25, 0.3) is 0 Å². The van der Waals surface area contributed by atoms with Gasteiger partial charge < -0.3 is 5.73 Å². The number of nitrogens with zero attached hydrogens (tertiary/aromatic N) is 2. The maximum atomic E-state index is 6.26. The molecule has 1 saturated carbocycles. The third-order valence-corrected chi connectivity index (χ3v) is 3.60. The summed E-state index contributed by atoms with van der Waals surface area (Å²) in [5.74, 6) is 0.535. The molecule has 1 aliphatic carbocycles. The van der Waals surface area contributed by atoms with Gasteiger partial charge in [-0.1, -0.05) is 26.2 Å². The van der Waals surface area contributed by atoms with Gasteiger partial charge in [-0.3, -0.25) is 4.68 Å². The predicted octanol–water partition coefficient (Wildman–Crippen LogP) is 2.67. The first-order valence-corrected chi connectivity index (χ1v) is 6.59. The van der Waals surface area contributed by atoms with Crippen LogP contribution in [0, 0.1) is 0 Å². The SMILES string of the molecule is CCCn1cc(C2CCCCCC2N)cn1. The van der Waals surface area contributed by atoms with Gasteiger partial charge in [0.05, 0.1) is 6.20 Å². The van der Waals surface area contributed by atoms with Gasteiger partial charge in [0.25, 0.3) is 0 Å². The van der Waals surface area contributed by atoms with Gasteiger partial charge in [-0.15, -0.1) is 0 Å². The van der Waals surface area contributed by atoms with Gasteiger partial charge in [0.15, 0.2) is 0 Å². The predicted molar refractivity (Wildman–Crippen MR) is 66.3 cm³/mol. The van der Waals surface area contributed by atoms with Crippen LogP contribution in [-0.2, 0) is 6.54 Å². The van der Waals surface area contributed by atoms with Gasteiger partial charge >= 0.3 is 0 Å². The zero-order valence-electron chi connectivity index (χ0n) is 10.2. The van der Waals surface area contributed by atoms with Crippen LogP contribution in [0.4, 0.5) is 0 Å². The second-order valence-electron chi connectivity index (χ2n) is 4.95. The van der Waals surface area contributed by atoms with Crippen molar-refractivity contribution < 1.29 is 0 Å². The molecule has 1 fully saturated rings. The molecule has 1 aromatic heterocycles. The minimum absolute atomic E-state index is 0.335. The minimum Gasteiger partial charge on any atom is -0.327 e. The first kappa shape index (κ1) is 11.6. The largest absolute Gasteiger partial charge is 0.327 e. The molecule has 3 heteroatoms. The van der Waals surface area contributed by atoms with Crippen LogP contribution in [0.5, 0.6) is 0 Å². The molecule has 2 rings (SSSR count). The Labute approximate surface area is 98.0 Å². The third kappa shape index (κ3) is 2.64. The van der Waals surface area contributed by atoms with Gasteiger partial charge in [0.2, 0.25) is 0 Å². The number of rotatable bonds is 3. The van der Waals surface area contributed by atoms with Crippen LogP contribution >= 0.6 is 0 Å². The fourth-order valence-electron chi connectivity index (χ4n) is 2.67. The molecule has 0 spiro atoms. The highest BCUT2D eigenvalue weighted by Crippen LogP contribution is 2.30.